The van der Waals surface area contributed by atoms with E-state index in [0.29, 0.717) is 11.4 Å². The van der Waals surface area contributed by atoms with Crippen molar-refractivity contribution in [1.82, 2.24) is 5.32 Å². The standard InChI is InChI=1S/C12H13N3O3/c1-15(12(17)11(16)14-8-7-13)9-5-3-4-6-10(9)18-2/h3-6H,8H2,1-2H3,(H,14,16). The van der Waals surface area contributed by atoms with E-state index in [4.69, 9.17) is 10.00 Å². The Bertz CT molecular complexity index is 494. The molecule has 0 unspecified atom stereocenters. The van der Waals surface area contributed by atoms with Crippen molar-refractivity contribution in [2.24, 2.45) is 0 Å². The van der Waals surface area contributed by atoms with Crippen molar-refractivity contribution < 1.29 is 14.3 Å². The van der Waals surface area contributed by atoms with Gasteiger partial charge in [-0.1, -0.05) is 12.1 Å². The molecule has 1 aromatic rings. The third kappa shape index (κ3) is 2.98. The summed E-state index contributed by atoms with van der Waals surface area (Å²) < 4.78 is 5.10. The molecular formula is C12H13N3O3. The monoisotopic (exact) mass is 247 g/mol. The summed E-state index contributed by atoms with van der Waals surface area (Å²) in [6.07, 6.45) is 0. The Hall–Kier alpha value is -2.55. The van der Waals surface area contributed by atoms with Gasteiger partial charge in [0, 0.05) is 7.05 Å². The number of para-hydroxylation sites is 2. The van der Waals surface area contributed by atoms with Crippen molar-refractivity contribution in [3.05, 3.63) is 24.3 Å². The average Bonchev–Trinajstić information content (AvgIpc) is 2.42. The van der Waals surface area contributed by atoms with E-state index in [2.05, 4.69) is 5.32 Å². The molecule has 0 saturated heterocycles. The average molecular weight is 247 g/mol. The molecule has 6 heteroatoms. The van der Waals surface area contributed by atoms with Crippen LogP contribution in [0.2, 0.25) is 0 Å². The van der Waals surface area contributed by atoms with E-state index in [1.165, 1.54) is 19.1 Å². The smallest absolute Gasteiger partial charge is 0.316 e. The number of likely N-dealkylation sites (N-methyl/N-ethyl adjacent to an activating group) is 1. The second-order valence-corrected chi connectivity index (χ2v) is 3.38. The van der Waals surface area contributed by atoms with Gasteiger partial charge < -0.3 is 15.0 Å². The molecular weight excluding hydrogens is 234 g/mol. The zero-order chi connectivity index (χ0) is 13.5. The zero-order valence-electron chi connectivity index (χ0n) is 10.1. The van der Waals surface area contributed by atoms with Gasteiger partial charge >= 0.3 is 11.8 Å². The number of amides is 2. The first kappa shape index (κ1) is 13.5. The molecule has 1 rings (SSSR count). The molecule has 0 radical (unpaired) electrons. The minimum atomic E-state index is -0.829. The van der Waals surface area contributed by atoms with Crippen LogP contribution in [0.5, 0.6) is 5.75 Å². The minimum absolute atomic E-state index is 0.204. The Morgan fingerprint density at radius 1 is 1.44 bits per heavy atom. The van der Waals surface area contributed by atoms with Crippen LogP contribution in [-0.4, -0.2) is 32.5 Å². The Morgan fingerprint density at radius 3 is 2.72 bits per heavy atom. The molecule has 18 heavy (non-hydrogen) atoms. The van der Waals surface area contributed by atoms with Crippen LogP contribution in [-0.2, 0) is 9.59 Å². The van der Waals surface area contributed by atoms with Gasteiger partial charge in [-0.05, 0) is 12.1 Å². The van der Waals surface area contributed by atoms with Gasteiger partial charge in [0.15, 0.2) is 0 Å². The van der Waals surface area contributed by atoms with Gasteiger partial charge in [0.25, 0.3) is 0 Å². The molecule has 1 N–H and O–H groups in total. The third-order valence-corrected chi connectivity index (χ3v) is 2.27. The van der Waals surface area contributed by atoms with E-state index >= 15 is 0 Å². The SMILES string of the molecule is COc1ccccc1N(C)C(=O)C(=O)NCC#N. The van der Waals surface area contributed by atoms with Crippen LogP contribution < -0.4 is 15.0 Å². The first-order chi connectivity index (χ1) is 8.61. The summed E-state index contributed by atoms with van der Waals surface area (Å²) in [5, 5.41) is 10.5. The summed E-state index contributed by atoms with van der Waals surface area (Å²) in [4.78, 5) is 24.4. The summed E-state index contributed by atoms with van der Waals surface area (Å²) in [7, 11) is 2.94. The number of hydrogen-bond donors (Lipinski definition) is 1. The number of hydrogen-bond acceptors (Lipinski definition) is 4. The first-order valence-corrected chi connectivity index (χ1v) is 5.17. The van der Waals surface area contributed by atoms with Gasteiger partial charge in [-0.25, -0.2) is 0 Å². The van der Waals surface area contributed by atoms with E-state index in [9.17, 15) is 9.59 Å². The molecule has 0 spiro atoms. The molecule has 0 bridgehead atoms. The molecule has 0 saturated carbocycles. The lowest BCUT2D eigenvalue weighted by atomic mass is 10.2. The van der Waals surface area contributed by atoms with Crippen molar-refractivity contribution in [2.45, 2.75) is 0 Å². The molecule has 94 valence electrons. The maximum atomic E-state index is 11.8. The van der Waals surface area contributed by atoms with E-state index in [1.807, 2.05) is 0 Å². The summed E-state index contributed by atoms with van der Waals surface area (Å²) in [6.45, 7) is -0.204. The van der Waals surface area contributed by atoms with Crippen LogP contribution in [0.3, 0.4) is 0 Å². The van der Waals surface area contributed by atoms with Gasteiger partial charge in [0.05, 0.1) is 18.9 Å². The highest BCUT2D eigenvalue weighted by Gasteiger charge is 2.21. The highest BCUT2D eigenvalue weighted by Crippen LogP contribution is 2.26. The molecule has 0 atom stereocenters. The van der Waals surface area contributed by atoms with Gasteiger partial charge in [-0.15, -0.1) is 0 Å². The lowest BCUT2D eigenvalue weighted by Gasteiger charge is -2.18. The van der Waals surface area contributed by atoms with Crippen molar-refractivity contribution in [3.8, 4) is 11.8 Å². The van der Waals surface area contributed by atoms with Crippen LogP contribution in [0.4, 0.5) is 5.69 Å². The number of carbonyl (C=O) groups is 2. The number of rotatable bonds is 3. The van der Waals surface area contributed by atoms with Crippen molar-refractivity contribution in [1.29, 1.82) is 5.26 Å². The van der Waals surface area contributed by atoms with E-state index in [-0.39, 0.29) is 6.54 Å². The first-order valence-electron chi connectivity index (χ1n) is 5.17. The number of ether oxygens (including phenoxy) is 1. The maximum Gasteiger partial charge on any atom is 0.316 e. The highest BCUT2D eigenvalue weighted by molar-refractivity contribution is 6.40. The fourth-order valence-corrected chi connectivity index (χ4v) is 1.36. The summed E-state index contributed by atoms with van der Waals surface area (Å²) in [5.74, 6) is -1.10. The van der Waals surface area contributed by atoms with Crippen LogP contribution in [0.15, 0.2) is 24.3 Å². The van der Waals surface area contributed by atoms with Crippen molar-refractivity contribution in [2.75, 3.05) is 25.6 Å². The Labute approximate surface area is 105 Å². The number of benzene rings is 1. The summed E-state index contributed by atoms with van der Waals surface area (Å²) in [6, 6.07) is 8.57. The summed E-state index contributed by atoms with van der Waals surface area (Å²) in [5.41, 5.74) is 0.483. The minimum Gasteiger partial charge on any atom is -0.495 e. The second kappa shape index (κ2) is 6.25. The predicted octanol–water partition coefficient (Wildman–Crippen LogP) is 0.298. The lowest BCUT2D eigenvalue weighted by Crippen LogP contribution is -2.41. The van der Waals surface area contributed by atoms with Crippen molar-refractivity contribution >= 4 is 17.5 Å². The second-order valence-electron chi connectivity index (χ2n) is 3.38. The van der Waals surface area contributed by atoms with E-state index < -0.39 is 11.8 Å². The van der Waals surface area contributed by atoms with Gasteiger partial charge in [-0.3, -0.25) is 9.59 Å². The third-order valence-electron chi connectivity index (χ3n) is 2.27. The molecule has 2 amide bonds. The Balaban J connectivity index is 2.87. The van der Waals surface area contributed by atoms with E-state index in [1.54, 1.807) is 30.3 Å². The topological polar surface area (TPSA) is 82.4 Å². The molecule has 0 aliphatic rings. The lowest BCUT2D eigenvalue weighted by molar-refractivity contribution is -0.137. The molecule has 0 aromatic heterocycles. The quantitative estimate of drug-likeness (QED) is 0.615. The number of nitriles is 1. The molecule has 0 heterocycles. The number of carbonyl (C=O) groups excluding carboxylic acids is 2. The normalized spacial score (nSPS) is 9.17. The van der Waals surface area contributed by atoms with Crippen LogP contribution in [0.1, 0.15) is 0 Å². The van der Waals surface area contributed by atoms with Gasteiger partial charge in [0.2, 0.25) is 0 Å². The van der Waals surface area contributed by atoms with Crippen LogP contribution in [0, 0.1) is 11.3 Å². The Kier molecular flexibility index (Phi) is 4.69. The number of nitrogens with zero attached hydrogens (tertiary/aromatic N) is 2. The fraction of sp³-hybridized carbons (Fsp3) is 0.250. The predicted molar refractivity (Wildman–Crippen MR) is 65.0 cm³/mol. The largest absolute Gasteiger partial charge is 0.495 e. The van der Waals surface area contributed by atoms with E-state index in [0.717, 1.165) is 0 Å². The number of nitrogens with one attached hydrogen (secondary N) is 1. The molecule has 0 aliphatic heterocycles. The van der Waals surface area contributed by atoms with Gasteiger partial charge in [-0.2, -0.15) is 5.26 Å². The number of methoxy groups -OCH3 is 1. The van der Waals surface area contributed by atoms with Crippen LogP contribution in [0.25, 0.3) is 0 Å². The molecule has 0 fully saturated rings. The molecule has 0 aliphatic carbocycles. The molecule has 6 nitrogen and oxygen atoms in total. The molecule has 1 aromatic carbocycles. The van der Waals surface area contributed by atoms with Gasteiger partial charge in [0.1, 0.15) is 12.3 Å². The zero-order valence-corrected chi connectivity index (χ0v) is 10.1. The maximum absolute atomic E-state index is 11.8. The summed E-state index contributed by atoms with van der Waals surface area (Å²) >= 11 is 0. The fourth-order valence-electron chi connectivity index (χ4n) is 1.36. The number of anilines is 1. The van der Waals surface area contributed by atoms with Crippen molar-refractivity contribution in [3.63, 3.8) is 0 Å². The van der Waals surface area contributed by atoms with Crippen LogP contribution >= 0.6 is 0 Å². The Morgan fingerprint density at radius 2 is 2.11 bits per heavy atom. The highest BCUT2D eigenvalue weighted by atomic mass is 16.5.